The number of nitrogens with zero attached hydrogens (tertiary/aromatic N) is 2. The lowest BCUT2D eigenvalue weighted by molar-refractivity contribution is -0.760. The zero-order valence-corrected chi connectivity index (χ0v) is 14.1. The first-order chi connectivity index (χ1) is 12.0. The molecule has 0 fully saturated rings. The molecule has 0 spiro atoms. The number of ether oxygens (including phenoxy) is 3. The minimum Gasteiger partial charge on any atom is -0.425 e. The lowest BCUT2D eigenvalue weighted by Gasteiger charge is -2.23. The van der Waals surface area contributed by atoms with Crippen LogP contribution >= 0.6 is 0 Å². The lowest BCUT2D eigenvalue weighted by Crippen LogP contribution is -2.36. The van der Waals surface area contributed by atoms with E-state index >= 15 is 0 Å². The average molecular weight is 372 g/mol. The molecule has 12 nitrogen and oxygen atoms in total. The number of carbonyl (C=O) groups excluding carboxylic acids is 2. The van der Waals surface area contributed by atoms with Gasteiger partial charge in [0, 0.05) is 19.1 Å². The fourth-order valence-electron chi connectivity index (χ4n) is 1.50. The van der Waals surface area contributed by atoms with Gasteiger partial charge in [-0.15, -0.1) is 10.1 Å². The molecule has 1 unspecified atom stereocenters. The molecule has 1 atom stereocenters. The van der Waals surface area contributed by atoms with Gasteiger partial charge < -0.3 is 19.0 Å². The zero-order chi connectivity index (χ0) is 19.9. The van der Waals surface area contributed by atoms with Crippen LogP contribution in [-0.2, 0) is 19.1 Å². The van der Waals surface area contributed by atoms with E-state index in [0.29, 0.717) is 0 Å². The molecule has 0 bridgehead atoms. The molecule has 0 N–H and O–H groups in total. The first kappa shape index (κ1) is 20.6. The molecule has 0 aliphatic rings. The summed E-state index contributed by atoms with van der Waals surface area (Å²) in [5, 5.41) is 19.7. The van der Waals surface area contributed by atoms with Gasteiger partial charge in [0.1, 0.15) is 12.4 Å². The standard InChI is InChI=1S/C14H16N2O10/c1-9(24-12(17)14(2,3)8-23-16(21)22)25-13(18)26-11-6-4-10(5-7-11)15(19)20/h4-7,9H,8H2,1-3H3. The molecule has 142 valence electrons. The third-order valence-electron chi connectivity index (χ3n) is 2.87. The van der Waals surface area contributed by atoms with Crippen LogP contribution in [-0.4, -0.2) is 35.0 Å². The topological polar surface area (TPSA) is 157 Å². The SMILES string of the molecule is CC(OC(=O)Oc1ccc([N+](=O)[O-])cc1)OC(=O)C(C)(C)CO[N+](=O)[O-]. The molecule has 1 aromatic rings. The maximum Gasteiger partial charge on any atom is 0.516 e. The van der Waals surface area contributed by atoms with Gasteiger partial charge in [-0.25, -0.2) is 4.79 Å². The number of non-ortho nitro benzene ring substituents is 1. The summed E-state index contributed by atoms with van der Waals surface area (Å²) < 4.78 is 14.3. The van der Waals surface area contributed by atoms with Gasteiger partial charge in [-0.2, -0.15) is 0 Å². The number of benzene rings is 1. The van der Waals surface area contributed by atoms with E-state index in [9.17, 15) is 29.8 Å². The van der Waals surface area contributed by atoms with Crippen LogP contribution in [0.3, 0.4) is 0 Å². The van der Waals surface area contributed by atoms with Gasteiger partial charge in [0.2, 0.25) is 6.29 Å². The fourth-order valence-corrected chi connectivity index (χ4v) is 1.50. The van der Waals surface area contributed by atoms with Crippen LogP contribution in [0, 0.1) is 25.6 Å². The Bertz CT molecular complexity index is 685. The highest BCUT2D eigenvalue weighted by Crippen LogP contribution is 2.20. The third-order valence-corrected chi connectivity index (χ3v) is 2.87. The van der Waals surface area contributed by atoms with Gasteiger partial charge in [-0.3, -0.25) is 14.9 Å². The predicted molar refractivity (Wildman–Crippen MR) is 82.5 cm³/mol. The molecule has 26 heavy (non-hydrogen) atoms. The van der Waals surface area contributed by atoms with Gasteiger partial charge in [0.15, 0.2) is 0 Å². The van der Waals surface area contributed by atoms with E-state index in [-0.39, 0.29) is 11.4 Å². The average Bonchev–Trinajstić information content (AvgIpc) is 2.53. The second-order valence-electron chi connectivity index (χ2n) is 5.57. The van der Waals surface area contributed by atoms with Crippen molar-refractivity contribution in [1.29, 1.82) is 0 Å². The summed E-state index contributed by atoms with van der Waals surface area (Å²) in [5.41, 5.74) is -1.54. The largest absolute Gasteiger partial charge is 0.516 e. The number of nitro groups is 1. The smallest absolute Gasteiger partial charge is 0.425 e. The lowest BCUT2D eigenvalue weighted by atomic mass is 9.95. The van der Waals surface area contributed by atoms with Crippen molar-refractivity contribution in [2.45, 2.75) is 27.1 Å². The zero-order valence-electron chi connectivity index (χ0n) is 14.1. The molecule has 1 rings (SSSR count). The summed E-state index contributed by atoms with van der Waals surface area (Å²) in [6.07, 6.45) is -2.55. The van der Waals surface area contributed by atoms with E-state index in [2.05, 4.69) is 4.84 Å². The van der Waals surface area contributed by atoms with Crippen LogP contribution in [0.25, 0.3) is 0 Å². The van der Waals surface area contributed by atoms with Crippen molar-refractivity contribution in [2.24, 2.45) is 5.41 Å². The summed E-state index contributed by atoms with van der Waals surface area (Å²) in [5.74, 6) is -0.908. The number of rotatable bonds is 8. The summed E-state index contributed by atoms with van der Waals surface area (Å²) in [4.78, 5) is 47.7. The van der Waals surface area contributed by atoms with Gasteiger partial charge in [-0.05, 0) is 26.0 Å². The van der Waals surface area contributed by atoms with E-state index in [1.165, 1.54) is 32.9 Å². The molecule has 1 aromatic carbocycles. The molecular formula is C14H16N2O10. The van der Waals surface area contributed by atoms with Crippen LogP contribution in [0.5, 0.6) is 5.75 Å². The van der Waals surface area contributed by atoms with Crippen molar-refractivity contribution < 1.29 is 38.6 Å². The number of esters is 1. The quantitative estimate of drug-likeness (QED) is 0.218. The Balaban J connectivity index is 2.52. The summed E-state index contributed by atoms with van der Waals surface area (Å²) >= 11 is 0. The Labute approximate surface area is 146 Å². The second kappa shape index (κ2) is 8.60. The van der Waals surface area contributed by atoms with Crippen LogP contribution in [0.4, 0.5) is 10.5 Å². The molecule has 0 aliphatic carbocycles. The molecule has 0 aromatic heterocycles. The highest BCUT2D eigenvalue weighted by atomic mass is 17.0. The summed E-state index contributed by atoms with van der Waals surface area (Å²) in [6.45, 7) is 3.39. The van der Waals surface area contributed by atoms with Crippen molar-refractivity contribution in [3.8, 4) is 5.75 Å². The van der Waals surface area contributed by atoms with Crippen molar-refractivity contribution in [1.82, 2.24) is 0 Å². The Kier molecular flexibility index (Phi) is 6.81. The Morgan fingerprint density at radius 1 is 1.12 bits per heavy atom. The Morgan fingerprint density at radius 3 is 2.19 bits per heavy atom. The van der Waals surface area contributed by atoms with Crippen molar-refractivity contribution >= 4 is 17.8 Å². The highest BCUT2D eigenvalue weighted by molar-refractivity contribution is 5.76. The van der Waals surface area contributed by atoms with Crippen molar-refractivity contribution in [2.75, 3.05) is 6.61 Å². The maximum atomic E-state index is 11.9. The number of carbonyl (C=O) groups is 2. The van der Waals surface area contributed by atoms with E-state index in [4.69, 9.17) is 14.2 Å². The highest BCUT2D eigenvalue weighted by Gasteiger charge is 2.33. The van der Waals surface area contributed by atoms with Crippen LogP contribution in [0.15, 0.2) is 24.3 Å². The second-order valence-corrected chi connectivity index (χ2v) is 5.57. The van der Waals surface area contributed by atoms with Gasteiger partial charge in [-0.1, -0.05) is 0 Å². The molecule has 0 radical (unpaired) electrons. The first-order valence-corrected chi connectivity index (χ1v) is 7.12. The normalized spacial score (nSPS) is 11.8. The van der Waals surface area contributed by atoms with Crippen molar-refractivity contribution in [3.63, 3.8) is 0 Å². The Hall–Kier alpha value is -3.44. The number of nitro benzene ring substituents is 1. The summed E-state index contributed by atoms with van der Waals surface area (Å²) in [7, 11) is 0. The molecule has 12 heteroatoms. The third kappa shape index (κ3) is 6.59. The molecule has 0 heterocycles. The van der Waals surface area contributed by atoms with E-state index < -0.39 is 40.4 Å². The Morgan fingerprint density at radius 2 is 1.69 bits per heavy atom. The summed E-state index contributed by atoms with van der Waals surface area (Å²) in [6, 6.07) is 4.63. The van der Waals surface area contributed by atoms with Gasteiger partial charge in [0.25, 0.3) is 10.8 Å². The fraction of sp³-hybridized carbons (Fsp3) is 0.429. The van der Waals surface area contributed by atoms with Crippen LogP contribution in [0.1, 0.15) is 20.8 Å². The van der Waals surface area contributed by atoms with E-state index in [1.807, 2.05) is 0 Å². The molecule has 0 saturated heterocycles. The van der Waals surface area contributed by atoms with Crippen LogP contribution < -0.4 is 4.74 Å². The molecule has 0 aliphatic heterocycles. The minimum absolute atomic E-state index is 0.0150. The maximum absolute atomic E-state index is 11.9. The van der Waals surface area contributed by atoms with Gasteiger partial charge in [0.05, 0.1) is 10.3 Å². The minimum atomic E-state index is -1.35. The van der Waals surface area contributed by atoms with Gasteiger partial charge >= 0.3 is 12.1 Å². The van der Waals surface area contributed by atoms with Crippen molar-refractivity contribution in [3.05, 3.63) is 44.5 Å². The monoisotopic (exact) mass is 372 g/mol. The molecular weight excluding hydrogens is 356 g/mol. The number of hydrogen-bond donors (Lipinski definition) is 0. The molecule has 0 amide bonds. The molecule has 0 saturated carbocycles. The first-order valence-electron chi connectivity index (χ1n) is 7.12. The predicted octanol–water partition coefficient (Wildman–Crippen LogP) is 2.23. The van der Waals surface area contributed by atoms with E-state index in [1.54, 1.807) is 0 Å². The van der Waals surface area contributed by atoms with E-state index in [0.717, 1.165) is 12.1 Å². The van der Waals surface area contributed by atoms with Crippen LogP contribution in [0.2, 0.25) is 0 Å². The number of hydrogen-bond acceptors (Lipinski definition) is 10.